The molecule has 0 heterocycles. The molecule has 12 heavy (non-hydrogen) atoms. The Morgan fingerprint density at radius 2 is 1.83 bits per heavy atom. The molecule has 3 aliphatic carbocycles. The van der Waals surface area contributed by atoms with Crippen molar-refractivity contribution in [1.82, 2.24) is 0 Å². The summed E-state index contributed by atoms with van der Waals surface area (Å²) in [7, 11) is 0. The van der Waals surface area contributed by atoms with Gasteiger partial charge in [0, 0.05) is 6.04 Å². The van der Waals surface area contributed by atoms with Crippen LogP contribution in [-0.2, 0) is 0 Å². The van der Waals surface area contributed by atoms with Crippen molar-refractivity contribution in [2.24, 2.45) is 34.8 Å². The van der Waals surface area contributed by atoms with E-state index in [0.717, 1.165) is 23.7 Å². The lowest BCUT2D eigenvalue weighted by Gasteiger charge is -2.59. The lowest BCUT2D eigenvalue weighted by atomic mass is 9.48. The van der Waals surface area contributed by atoms with Gasteiger partial charge in [0.2, 0.25) is 0 Å². The molecule has 0 aromatic heterocycles. The zero-order valence-corrected chi connectivity index (χ0v) is 8.09. The second kappa shape index (κ2) is 1.89. The van der Waals surface area contributed by atoms with Crippen LogP contribution in [0.3, 0.4) is 0 Å². The topological polar surface area (TPSA) is 26.0 Å². The summed E-state index contributed by atoms with van der Waals surface area (Å²) in [6.45, 7) is 4.75. The molecule has 3 aliphatic rings. The molecular weight excluding hydrogens is 146 g/mol. The number of hydrogen-bond acceptors (Lipinski definition) is 1. The Morgan fingerprint density at radius 1 is 1.17 bits per heavy atom. The molecule has 0 aliphatic heterocycles. The van der Waals surface area contributed by atoms with Gasteiger partial charge in [-0.05, 0) is 48.3 Å². The van der Waals surface area contributed by atoms with E-state index in [2.05, 4.69) is 13.8 Å². The molecule has 5 atom stereocenters. The fourth-order valence-corrected chi connectivity index (χ4v) is 4.56. The summed E-state index contributed by atoms with van der Waals surface area (Å²) >= 11 is 0. The number of nitrogens with two attached hydrogens (primary N) is 1. The van der Waals surface area contributed by atoms with Crippen molar-refractivity contribution < 1.29 is 0 Å². The molecule has 2 bridgehead atoms. The molecule has 1 heteroatoms. The Balaban J connectivity index is 1.94. The first-order valence-electron chi connectivity index (χ1n) is 5.38. The second-order valence-corrected chi connectivity index (χ2v) is 5.78. The predicted octanol–water partition coefficient (Wildman–Crippen LogP) is 2.02. The van der Waals surface area contributed by atoms with Crippen molar-refractivity contribution in [2.75, 3.05) is 0 Å². The van der Waals surface area contributed by atoms with Gasteiger partial charge in [-0.1, -0.05) is 13.8 Å². The first-order valence-corrected chi connectivity index (χ1v) is 5.38. The molecule has 0 saturated heterocycles. The molecule has 3 saturated carbocycles. The summed E-state index contributed by atoms with van der Waals surface area (Å²) in [5, 5.41) is 0. The van der Waals surface area contributed by atoms with Gasteiger partial charge in [-0.3, -0.25) is 0 Å². The molecule has 0 spiro atoms. The van der Waals surface area contributed by atoms with Crippen LogP contribution in [0.5, 0.6) is 0 Å². The quantitative estimate of drug-likeness (QED) is 0.584. The van der Waals surface area contributed by atoms with E-state index < -0.39 is 0 Å². The van der Waals surface area contributed by atoms with Gasteiger partial charge in [0.05, 0.1) is 0 Å². The average Bonchev–Trinajstić information content (AvgIpc) is 2.59. The highest BCUT2D eigenvalue weighted by Crippen LogP contribution is 2.67. The Kier molecular flexibility index (Phi) is 1.16. The molecule has 0 aromatic carbocycles. The summed E-state index contributed by atoms with van der Waals surface area (Å²) in [6.07, 6.45) is 4.49. The van der Waals surface area contributed by atoms with Gasteiger partial charge < -0.3 is 5.73 Å². The van der Waals surface area contributed by atoms with Crippen molar-refractivity contribution in [3.05, 3.63) is 0 Å². The minimum absolute atomic E-state index is 0.463. The monoisotopic (exact) mass is 165 g/mol. The lowest BCUT2D eigenvalue weighted by molar-refractivity contribution is -0.0770. The maximum absolute atomic E-state index is 6.23. The Morgan fingerprint density at radius 3 is 2.50 bits per heavy atom. The van der Waals surface area contributed by atoms with Gasteiger partial charge in [-0.15, -0.1) is 0 Å². The molecule has 3 rings (SSSR count). The molecule has 3 fully saturated rings. The standard InChI is InChI=1S/C11H19N/c1-11(2)9-7-4-3-6(5-7)8(9)10(11)12/h6-10H,3-5,12H2,1-2H3. The summed E-state index contributed by atoms with van der Waals surface area (Å²) in [4.78, 5) is 0. The first-order chi connectivity index (χ1) is 5.62. The SMILES string of the molecule is CC1(C)C(N)C2C3CCC(C3)C21. The first kappa shape index (κ1) is 7.37. The van der Waals surface area contributed by atoms with Gasteiger partial charge in [0.15, 0.2) is 0 Å². The van der Waals surface area contributed by atoms with Crippen LogP contribution in [0.2, 0.25) is 0 Å². The molecule has 2 N–H and O–H groups in total. The van der Waals surface area contributed by atoms with Gasteiger partial charge in [-0.25, -0.2) is 0 Å². The van der Waals surface area contributed by atoms with Crippen LogP contribution in [0.1, 0.15) is 33.1 Å². The molecule has 0 radical (unpaired) electrons. The fraction of sp³-hybridized carbons (Fsp3) is 1.00. The van der Waals surface area contributed by atoms with E-state index in [4.69, 9.17) is 5.73 Å². The predicted molar refractivity (Wildman–Crippen MR) is 49.6 cm³/mol. The van der Waals surface area contributed by atoms with Gasteiger partial charge in [0.1, 0.15) is 0 Å². The van der Waals surface area contributed by atoms with E-state index in [1.54, 1.807) is 0 Å². The zero-order valence-electron chi connectivity index (χ0n) is 8.09. The van der Waals surface area contributed by atoms with Gasteiger partial charge in [0.25, 0.3) is 0 Å². The summed E-state index contributed by atoms with van der Waals surface area (Å²) in [6, 6.07) is 0.512. The highest BCUT2D eigenvalue weighted by Gasteiger charge is 2.65. The molecular formula is C11H19N. The number of rotatable bonds is 0. The summed E-state index contributed by atoms with van der Waals surface area (Å²) < 4.78 is 0. The Labute approximate surface area is 74.7 Å². The van der Waals surface area contributed by atoms with Crippen LogP contribution in [0.15, 0.2) is 0 Å². The van der Waals surface area contributed by atoms with E-state index in [0.29, 0.717) is 11.5 Å². The Hall–Kier alpha value is -0.0400. The van der Waals surface area contributed by atoms with Gasteiger partial charge in [-0.2, -0.15) is 0 Å². The van der Waals surface area contributed by atoms with E-state index in [1.165, 1.54) is 19.3 Å². The van der Waals surface area contributed by atoms with Crippen LogP contribution >= 0.6 is 0 Å². The highest BCUT2D eigenvalue weighted by molar-refractivity contribution is 5.16. The van der Waals surface area contributed by atoms with E-state index in [9.17, 15) is 0 Å². The molecule has 1 nitrogen and oxygen atoms in total. The molecule has 5 unspecified atom stereocenters. The van der Waals surface area contributed by atoms with E-state index >= 15 is 0 Å². The van der Waals surface area contributed by atoms with Crippen LogP contribution < -0.4 is 5.73 Å². The van der Waals surface area contributed by atoms with Crippen molar-refractivity contribution in [3.8, 4) is 0 Å². The van der Waals surface area contributed by atoms with E-state index in [-0.39, 0.29) is 0 Å². The molecule has 0 amide bonds. The second-order valence-electron chi connectivity index (χ2n) is 5.78. The maximum atomic E-state index is 6.23. The third-order valence-corrected chi connectivity index (χ3v) is 5.11. The maximum Gasteiger partial charge on any atom is 0.0127 e. The third kappa shape index (κ3) is 0.585. The normalized spacial score (nSPS) is 59.8. The third-order valence-electron chi connectivity index (χ3n) is 5.11. The van der Waals surface area contributed by atoms with Crippen LogP contribution in [0.25, 0.3) is 0 Å². The zero-order chi connectivity index (χ0) is 8.51. The fourth-order valence-electron chi connectivity index (χ4n) is 4.56. The van der Waals surface area contributed by atoms with Crippen molar-refractivity contribution in [1.29, 1.82) is 0 Å². The smallest absolute Gasteiger partial charge is 0.0127 e. The summed E-state index contributed by atoms with van der Waals surface area (Å²) in [5.41, 5.74) is 6.69. The molecule has 0 aromatic rings. The molecule has 68 valence electrons. The van der Waals surface area contributed by atoms with Crippen molar-refractivity contribution >= 4 is 0 Å². The number of fused-ring (bicyclic) bond motifs is 5. The Bertz CT molecular complexity index is 221. The average molecular weight is 165 g/mol. The minimum atomic E-state index is 0.463. The van der Waals surface area contributed by atoms with Crippen LogP contribution in [0, 0.1) is 29.1 Å². The minimum Gasteiger partial charge on any atom is -0.327 e. The highest BCUT2D eigenvalue weighted by atomic mass is 14.8. The van der Waals surface area contributed by atoms with Crippen molar-refractivity contribution in [2.45, 2.75) is 39.2 Å². The summed E-state index contributed by atoms with van der Waals surface area (Å²) in [5.74, 6) is 3.97. The lowest BCUT2D eigenvalue weighted by Crippen LogP contribution is -2.64. The van der Waals surface area contributed by atoms with E-state index in [1.807, 2.05) is 0 Å². The largest absolute Gasteiger partial charge is 0.327 e. The van der Waals surface area contributed by atoms with Gasteiger partial charge >= 0.3 is 0 Å². The van der Waals surface area contributed by atoms with Crippen molar-refractivity contribution in [3.63, 3.8) is 0 Å². The van der Waals surface area contributed by atoms with Crippen LogP contribution in [-0.4, -0.2) is 6.04 Å². The van der Waals surface area contributed by atoms with Crippen LogP contribution in [0.4, 0.5) is 0 Å². The number of hydrogen-bond donors (Lipinski definition) is 1.